The van der Waals surface area contributed by atoms with Crippen LogP contribution in [0.1, 0.15) is 30.7 Å². The molecule has 1 aromatic heterocycles. The highest BCUT2D eigenvalue weighted by Gasteiger charge is 2.27. The lowest BCUT2D eigenvalue weighted by atomic mass is 10.0. The number of nitrogens with zero attached hydrogens (tertiary/aromatic N) is 1. The molecule has 3 rings (SSSR count). The van der Waals surface area contributed by atoms with Gasteiger partial charge in [-0.05, 0) is 36.8 Å². The first-order valence-corrected chi connectivity index (χ1v) is 8.06. The Morgan fingerprint density at radius 2 is 2.29 bits per heavy atom. The quantitative estimate of drug-likeness (QED) is 0.890. The molecule has 2 heterocycles. The van der Waals surface area contributed by atoms with Crippen LogP contribution in [0.3, 0.4) is 0 Å². The molecule has 5 nitrogen and oxygen atoms in total. The Hall–Kier alpha value is -2.34. The van der Waals surface area contributed by atoms with E-state index in [4.69, 9.17) is 4.74 Å². The molecule has 2 N–H and O–H groups in total. The summed E-state index contributed by atoms with van der Waals surface area (Å²) in [5.41, 5.74) is 2.28. The van der Waals surface area contributed by atoms with Crippen LogP contribution < -0.4 is 0 Å². The summed E-state index contributed by atoms with van der Waals surface area (Å²) in [4.78, 5) is 17.2. The van der Waals surface area contributed by atoms with E-state index in [1.165, 1.54) is 12.2 Å². The predicted molar refractivity (Wildman–Crippen MR) is 87.6 cm³/mol. The molecule has 1 aromatic rings. The molecular weight excluding hydrogens is 311 g/mol. The SMILES string of the molecule is CCOC1=CC(F)C=C(CC(=O)N2Cc3[nH]ccc3C(O)C2)C=C1. The van der Waals surface area contributed by atoms with Gasteiger partial charge in [0.05, 0.1) is 32.2 Å². The fourth-order valence-corrected chi connectivity index (χ4v) is 2.99. The number of amides is 1. The maximum atomic E-state index is 13.9. The van der Waals surface area contributed by atoms with Gasteiger partial charge in [0.1, 0.15) is 11.9 Å². The van der Waals surface area contributed by atoms with Crippen LogP contribution in [0.25, 0.3) is 0 Å². The maximum absolute atomic E-state index is 13.9. The number of carbonyl (C=O) groups excluding carboxylic acids is 1. The van der Waals surface area contributed by atoms with E-state index in [0.717, 1.165) is 11.3 Å². The monoisotopic (exact) mass is 332 g/mol. The second-order valence-electron chi connectivity index (χ2n) is 5.90. The number of rotatable bonds is 4. The molecule has 0 fully saturated rings. The van der Waals surface area contributed by atoms with Gasteiger partial charge in [-0.15, -0.1) is 0 Å². The smallest absolute Gasteiger partial charge is 0.227 e. The largest absolute Gasteiger partial charge is 0.494 e. The molecule has 0 spiro atoms. The minimum atomic E-state index is -1.29. The van der Waals surface area contributed by atoms with E-state index >= 15 is 0 Å². The average molecular weight is 332 g/mol. The van der Waals surface area contributed by atoms with Crippen molar-refractivity contribution < 1.29 is 19.0 Å². The number of H-pyrrole nitrogens is 1. The Labute approximate surface area is 140 Å². The minimum absolute atomic E-state index is 0.0902. The van der Waals surface area contributed by atoms with Crippen LogP contribution in [-0.2, 0) is 16.1 Å². The summed E-state index contributed by atoms with van der Waals surface area (Å²) in [6.07, 6.45) is 6.05. The van der Waals surface area contributed by atoms with Crippen molar-refractivity contribution in [2.45, 2.75) is 32.2 Å². The Bertz CT molecular complexity index is 705. The first-order chi connectivity index (χ1) is 11.6. The number of ether oxygens (including phenoxy) is 1. The van der Waals surface area contributed by atoms with Crippen LogP contribution >= 0.6 is 0 Å². The van der Waals surface area contributed by atoms with Crippen LogP contribution in [-0.4, -0.2) is 40.2 Å². The summed E-state index contributed by atoms with van der Waals surface area (Å²) in [5, 5.41) is 10.1. The average Bonchev–Trinajstić information content (AvgIpc) is 2.94. The highest BCUT2D eigenvalue weighted by molar-refractivity contribution is 5.80. The first kappa shape index (κ1) is 16.5. The number of aromatic amines is 1. The number of halogens is 1. The van der Waals surface area contributed by atoms with Gasteiger partial charge in [0, 0.05) is 17.5 Å². The van der Waals surface area contributed by atoms with Crippen molar-refractivity contribution in [1.82, 2.24) is 9.88 Å². The Kier molecular flexibility index (Phi) is 4.85. The molecule has 0 aromatic carbocycles. The standard InChI is InChI=1S/C18H21FN2O3/c1-2-24-14-4-3-12(7-13(19)9-14)8-18(23)21-10-16-15(5-6-20-16)17(22)11-21/h3-7,9,13,17,20,22H,2,8,10-11H2,1H3. The van der Waals surface area contributed by atoms with Crippen LogP contribution in [0.2, 0.25) is 0 Å². The number of fused-ring (bicyclic) bond motifs is 1. The van der Waals surface area contributed by atoms with Gasteiger partial charge < -0.3 is 19.7 Å². The maximum Gasteiger partial charge on any atom is 0.227 e. The summed E-state index contributed by atoms with van der Waals surface area (Å²) in [6.45, 7) is 2.97. The zero-order valence-electron chi connectivity index (χ0n) is 13.5. The first-order valence-electron chi connectivity index (χ1n) is 8.06. The molecular formula is C18H21FN2O3. The molecule has 2 atom stereocenters. The summed E-state index contributed by atoms with van der Waals surface area (Å²) >= 11 is 0. The lowest BCUT2D eigenvalue weighted by Gasteiger charge is -2.30. The summed E-state index contributed by atoms with van der Waals surface area (Å²) in [5.74, 6) is 0.324. The van der Waals surface area contributed by atoms with E-state index in [2.05, 4.69) is 4.98 Å². The number of aliphatic hydroxyl groups is 1. The Morgan fingerprint density at radius 1 is 1.46 bits per heavy atom. The number of β-amino-alcohol motifs (C(OH)–C–C–N with tert-alkyl or cyclic N) is 1. The lowest BCUT2D eigenvalue weighted by molar-refractivity contribution is -0.133. The van der Waals surface area contributed by atoms with Gasteiger partial charge in [-0.25, -0.2) is 4.39 Å². The third-order valence-electron chi connectivity index (χ3n) is 4.15. The molecule has 128 valence electrons. The van der Waals surface area contributed by atoms with Gasteiger partial charge >= 0.3 is 0 Å². The number of alkyl halides is 1. The summed E-state index contributed by atoms with van der Waals surface area (Å²) < 4.78 is 19.3. The van der Waals surface area contributed by atoms with E-state index < -0.39 is 12.3 Å². The van der Waals surface area contributed by atoms with Crippen molar-refractivity contribution >= 4 is 5.91 Å². The van der Waals surface area contributed by atoms with Crippen molar-refractivity contribution in [1.29, 1.82) is 0 Å². The molecule has 2 unspecified atom stereocenters. The highest BCUT2D eigenvalue weighted by Crippen LogP contribution is 2.26. The molecule has 0 bridgehead atoms. The molecule has 0 saturated carbocycles. The van der Waals surface area contributed by atoms with Crippen LogP contribution in [0.4, 0.5) is 4.39 Å². The fourth-order valence-electron chi connectivity index (χ4n) is 2.99. The second-order valence-corrected chi connectivity index (χ2v) is 5.90. The number of aliphatic hydroxyl groups excluding tert-OH is 1. The van der Waals surface area contributed by atoms with Crippen LogP contribution in [0, 0.1) is 0 Å². The number of hydrogen-bond donors (Lipinski definition) is 2. The fraction of sp³-hybridized carbons (Fsp3) is 0.389. The second kappa shape index (κ2) is 7.05. The third kappa shape index (κ3) is 3.59. The summed E-state index contributed by atoms with van der Waals surface area (Å²) in [7, 11) is 0. The predicted octanol–water partition coefficient (Wildman–Crippen LogP) is 2.54. The van der Waals surface area contributed by atoms with E-state index in [1.807, 2.05) is 13.0 Å². The Balaban J connectivity index is 1.66. The van der Waals surface area contributed by atoms with Crippen molar-refractivity contribution in [2.75, 3.05) is 13.2 Å². The molecule has 24 heavy (non-hydrogen) atoms. The van der Waals surface area contributed by atoms with E-state index in [0.29, 0.717) is 24.5 Å². The molecule has 0 saturated heterocycles. The van der Waals surface area contributed by atoms with Crippen LogP contribution in [0.5, 0.6) is 0 Å². The van der Waals surface area contributed by atoms with Crippen LogP contribution in [0.15, 0.2) is 47.9 Å². The van der Waals surface area contributed by atoms with E-state index in [1.54, 1.807) is 23.2 Å². The Morgan fingerprint density at radius 3 is 3.08 bits per heavy atom. The van der Waals surface area contributed by atoms with Crippen molar-refractivity contribution in [3.8, 4) is 0 Å². The van der Waals surface area contributed by atoms with Gasteiger partial charge in [-0.2, -0.15) is 0 Å². The van der Waals surface area contributed by atoms with Crippen molar-refractivity contribution in [2.24, 2.45) is 0 Å². The third-order valence-corrected chi connectivity index (χ3v) is 4.15. The van der Waals surface area contributed by atoms with Gasteiger partial charge in [-0.1, -0.05) is 6.08 Å². The number of nitrogens with one attached hydrogen (secondary N) is 1. The molecule has 6 heteroatoms. The minimum Gasteiger partial charge on any atom is -0.494 e. The number of allylic oxidation sites excluding steroid dienone is 4. The van der Waals surface area contributed by atoms with Gasteiger partial charge in [0.25, 0.3) is 0 Å². The zero-order chi connectivity index (χ0) is 17.1. The molecule has 1 aliphatic heterocycles. The molecule has 2 aliphatic rings. The highest BCUT2D eigenvalue weighted by atomic mass is 19.1. The normalized spacial score (nSPS) is 23.2. The van der Waals surface area contributed by atoms with Crippen molar-refractivity contribution in [3.05, 3.63) is 59.2 Å². The molecule has 0 radical (unpaired) electrons. The van der Waals surface area contributed by atoms with E-state index in [9.17, 15) is 14.3 Å². The van der Waals surface area contributed by atoms with Gasteiger partial charge in [-0.3, -0.25) is 4.79 Å². The molecule has 1 amide bonds. The topological polar surface area (TPSA) is 65.6 Å². The summed E-state index contributed by atoms with van der Waals surface area (Å²) in [6, 6.07) is 1.83. The number of hydrogen-bond acceptors (Lipinski definition) is 3. The zero-order valence-corrected chi connectivity index (χ0v) is 13.5. The lowest BCUT2D eigenvalue weighted by Crippen LogP contribution is -2.38. The number of aromatic nitrogens is 1. The van der Waals surface area contributed by atoms with Gasteiger partial charge in [0.15, 0.2) is 0 Å². The van der Waals surface area contributed by atoms with E-state index in [-0.39, 0.29) is 18.9 Å². The van der Waals surface area contributed by atoms with Gasteiger partial charge in [0.2, 0.25) is 5.91 Å². The molecule has 1 aliphatic carbocycles. The van der Waals surface area contributed by atoms with Crippen molar-refractivity contribution in [3.63, 3.8) is 0 Å². The number of carbonyl (C=O) groups is 1.